The summed E-state index contributed by atoms with van der Waals surface area (Å²) in [5, 5.41) is 3.34. The van der Waals surface area contributed by atoms with Gasteiger partial charge in [-0.2, -0.15) is 0 Å². The number of rotatable bonds is 4. The number of carbonyl (C=O) groups is 1. The molecule has 0 bridgehead atoms. The molecule has 0 aliphatic carbocycles. The van der Waals surface area contributed by atoms with Crippen molar-refractivity contribution in [3.8, 4) is 0 Å². The summed E-state index contributed by atoms with van der Waals surface area (Å²) in [4.78, 5) is 29.4. The summed E-state index contributed by atoms with van der Waals surface area (Å²) in [5.41, 5.74) is 3.81. The third-order valence-electron chi connectivity index (χ3n) is 6.17. The summed E-state index contributed by atoms with van der Waals surface area (Å²) < 4.78 is 0. The highest BCUT2D eigenvalue weighted by atomic mass is 32.2. The minimum atomic E-state index is 0.203. The van der Waals surface area contributed by atoms with Crippen molar-refractivity contribution in [1.82, 2.24) is 19.9 Å². The summed E-state index contributed by atoms with van der Waals surface area (Å²) in [5.74, 6) is 1.14. The standard InChI is InChI=1S/C23H24N4OS2/c1-14-15(2)30-23-21(14)22(25-13-26-23)29-12-20(28)27-9-7-16(8-10-27)18-11-24-19-6-4-3-5-17(18)19/h3-6,11,13,16,24H,7-10,12H2,1-2H3. The van der Waals surface area contributed by atoms with Crippen LogP contribution in [0.5, 0.6) is 0 Å². The fraction of sp³-hybridized carbons (Fsp3) is 0.348. The molecule has 4 aromatic rings. The lowest BCUT2D eigenvalue weighted by molar-refractivity contribution is -0.129. The summed E-state index contributed by atoms with van der Waals surface area (Å²) in [6.45, 7) is 5.86. The molecule has 1 saturated heterocycles. The lowest BCUT2D eigenvalue weighted by Gasteiger charge is -2.32. The van der Waals surface area contributed by atoms with Crippen molar-refractivity contribution in [2.24, 2.45) is 0 Å². The number of nitrogens with one attached hydrogen (secondary N) is 1. The van der Waals surface area contributed by atoms with Crippen LogP contribution in [0.25, 0.3) is 21.1 Å². The number of aromatic nitrogens is 3. The third-order valence-corrected chi connectivity index (χ3v) is 8.26. The molecule has 0 radical (unpaired) electrons. The average molecular weight is 437 g/mol. The van der Waals surface area contributed by atoms with Crippen molar-refractivity contribution in [2.75, 3.05) is 18.8 Å². The van der Waals surface area contributed by atoms with Gasteiger partial charge in [0.1, 0.15) is 16.2 Å². The number of hydrogen-bond acceptors (Lipinski definition) is 5. The van der Waals surface area contributed by atoms with Crippen LogP contribution in [0.15, 0.2) is 41.8 Å². The van der Waals surface area contributed by atoms with Crippen LogP contribution in [0.3, 0.4) is 0 Å². The predicted molar refractivity (Wildman–Crippen MR) is 124 cm³/mol. The number of para-hydroxylation sites is 1. The summed E-state index contributed by atoms with van der Waals surface area (Å²) >= 11 is 3.23. The quantitative estimate of drug-likeness (QED) is 0.349. The zero-order valence-electron chi connectivity index (χ0n) is 17.1. The molecular formula is C23H24N4OS2. The van der Waals surface area contributed by atoms with Crippen LogP contribution in [0.4, 0.5) is 0 Å². The molecule has 3 aromatic heterocycles. The van der Waals surface area contributed by atoms with Gasteiger partial charge in [0, 0.05) is 40.5 Å². The van der Waals surface area contributed by atoms with E-state index in [1.54, 1.807) is 17.7 Å². The Balaban J connectivity index is 1.23. The molecule has 1 aliphatic rings. The van der Waals surface area contributed by atoms with Gasteiger partial charge >= 0.3 is 0 Å². The highest BCUT2D eigenvalue weighted by molar-refractivity contribution is 8.00. The Kier molecular flexibility index (Phi) is 5.25. The minimum absolute atomic E-state index is 0.203. The molecule has 5 nitrogen and oxygen atoms in total. The third kappa shape index (κ3) is 3.50. The van der Waals surface area contributed by atoms with Crippen LogP contribution in [-0.4, -0.2) is 44.6 Å². The van der Waals surface area contributed by atoms with Gasteiger partial charge < -0.3 is 9.88 Å². The van der Waals surface area contributed by atoms with Gasteiger partial charge in [0.2, 0.25) is 5.91 Å². The maximum Gasteiger partial charge on any atom is 0.232 e. The molecule has 1 aliphatic heterocycles. The molecule has 1 N–H and O–H groups in total. The molecule has 0 atom stereocenters. The first-order valence-corrected chi connectivity index (χ1v) is 12.1. The highest BCUT2D eigenvalue weighted by Crippen LogP contribution is 2.35. The number of carbonyl (C=O) groups excluding carboxylic acids is 1. The van der Waals surface area contributed by atoms with Crippen molar-refractivity contribution in [3.05, 3.63) is 52.8 Å². The van der Waals surface area contributed by atoms with Gasteiger partial charge in [0.05, 0.1) is 5.75 Å². The lowest BCUT2D eigenvalue weighted by atomic mass is 9.89. The number of benzene rings is 1. The largest absolute Gasteiger partial charge is 0.361 e. The van der Waals surface area contributed by atoms with Gasteiger partial charge in [0.15, 0.2) is 0 Å². The minimum Gasteiger partial charge on any atom is -0.361 e. The van der Waals surface area contributed by atoms with Crippen molar-refractivity contribution in [3.63, 3.8) is 0 Å². The second-order valence-corrected chi connectivity index (χ2v) is 10.0. The Hall–Kier alpha value is -2.38. The number of thioether (sulfide) groups is 1. The van der Waals surface area contributed by atoms with E-state index in [0.717, 1.165) is 41.2 Å². The molecule has 1 amide bonds. The predicted octanol–water partition coefficient (Wildman–Crippen LogP) is 5.29. The molecule has 0 saturated carbocycles. The highest BCUT2D eigenvalue weighted by Gasteiger charge is 2.25. The van der Waals surface area contributed by atoms with Crippen LogP contribution < -0.4 is 0 Å². The smallest absolute Gasteiger partial charge is 0.232 e. The van der Waals surface area contributed by atoms with E-state index in [0.29, 0.717) is 11.7 Å². The van der Waals surface area contributed by atoms with Crippen molar-refractivity contribution in [2.45, 2.75) is 37.6 Å². The zero-order chi connectivity index (χ0) is 20.7. The van der Waals surface area contributed by atoms with Gasteiger partial charge in [-0.1, -0.05) is 30.0 Å². The number of H-pyrrole nitrogens is 1. The molecule has 7 heteroatoms. The number of aromatic amines is 1. The monoisotopic (exact) mass is 436 g/mol. The van der Waals surface area contributed by atoms with Gasteiger partial charge in [-0.15, -0.1) is 11.3 Å². The second kappa shape index (κ2) is 8.04. The molecule has 4 heterocycles. The van der Waals surface area contributed by atoms with E-state index in [4.69, 9.17) is 0 Å². The fourth-order valence-electron chi connectivity index (χ4n) is 4.35. The van der Waals surface area contributed by atoms with E-state index >= 15 is 0 Å². The Bertz CT molecular complexity index is 1220. The lowest BCUT2D eigenvalue weighted by Crippen LogP contribution is -2.38. The maximum atomic E-state index is 12.9. The van der Waals surface area contributed by atoms with E-state index in [1.165, 1.54) is 38.7 Å². The fourth-order valence-corrected chi connectivity index (χ4v) is 6.37. The van der Waals surface area contributed by atoms with Gasteiger partial charge in [-0.25, -0.2) is 9.97 Å². The van der Waals surface area contributed by atoms with Crippen LogP contribution in [0.1, 0.15) is 34.8 Å². The summed E-state index contributed by atoms with van der Waals surface area (Å²) in [6.07, 6.45) is 5.78. The number of nitrogens with zero attached hydrogens (tertiary/aromatic N) is 3. The normalized spacial score (nSPS) is 15.3. The van der Waals surface area contributed by atoms with E-state index in [1.807, 2.05) is 4.90 Å². The number of aryl methyl sites for hydroxylation is 2. The van der Waals surface area contributed by atoms with Crippen LogP contribution in [0.2, 0.25) is 0 Å². The van der Waals surface area contributed by atoms with Crippen LogP contribution in [0, 0.1) is 13.8 Å². The molecule has 1 aromatic carbocycles. The van der Waals surface area contributed by atoms with Crippen molar-refractivity contribution < 1.29 is 4.79 Å². The second-order valence-electron chi connectivity index (χ2n) is 7.88. The van der Waals surface area contributed by atoms with E-state index in [2.05, 4.69) is 59.3 Å². The number of hydrogen-bond donors (Lipinski definition) is 1. The summed E-state index contributed by atoms with van der Waals surface area (Å²) in [7, 11) is 0. The van der Waals surface area contributed by atoms with E-state index in [-0.39, 0.29) is 5.91 Å². The SMILES string of the molecule is Cc1sc2ncnc(SCC(=O)N3CCC(c4c[nH]c5ccccc45)CC3)c2c1C. The number of amides is 1. The Morgan fingerprint density at radius 3 is 2.87 bits per heavy atom. The van der Waals surface area contributed by atoms with Gasteiger partial charge in [0.25, 0.3) is 0 Å². The van der Waals surface area contributed by atoms with Crippen LogP contribution in [-0.2, 0) is 4.79 Å². The Morgan fingerprint density at radius 1 is 1.23 bits per heavy atom. The van der Waals surface area contributed by atoms with Gasteiger partial charge in [-0.3, -0.25) is 4.79 Å². The molecule has 5 rings (SSSR count). The number of fused-ring (bicyclic) bond motifs is 2. The molecule has 154 valence electrons. The van der Waals surface area contributed by atoms with Crippen molar-refractivity contribution in [1.29, 1.82) is 0 Å². The zero-order valence-corrected chi connectivity index (χ0v) is 18.8. The first-order valence-electron chi connectivity index (χ1n) is 10.3. The van der Waals surface area contributed by atoms with Gasteiger partial charge in [-0.05, 0) is 49.8 Å². The summed E-state index contributed by atoms with van der Waals surface area (Å²) in [6, 6.07) is 8.46. The topological polar surface area (TPSA) is 61.9 Å². The average Bonchev–Trinajstić information content (AvgIpc) is 3.33. The molecule has 0 spiro atoms. The van der Waals surface area contributed by atoms with Crippen molar-refractivity contribution >= 4 is 50.1 Å². The number of likely N-dealkylation sites (tertiary alicyclic amines) is 1. The number of thiophene rings is 1. The number of piperidine rings is 1. The first-order chi connectivity index (χ1) is 14.6. The first kappa shape index (κ1) is 19.6. The Morgan fingerprint density at radius 2 is 2.03 bits per heavy atom. The Labute approximate surface area is 183 Å². The van der Waals surface area contributed by atoms with E-state index < -0.39 is 0 Å². The molecule has 1 fully saturated rings. The van der Waals surface area contributed by atoms with Crippen LogP contribution >= 0.6 is 23.1 Å². The van der Waals surface area contributed by atoms with E-state index in [9.17, 15) is 4.79 Å². The molecule has 30 heavy (non-hydrogen) atoms. The molecular weight excluding hydrogens is 412 g/mol. The maximum absolute atomic E-state index is 12.9. The molecule has 0 unspecified atom stereocenters.